The highest BCUT2D eigenvalue weighted by Gasteiger charge is 2.50. The molecule has 0 bridgehead atoms. The highest BCUT2D eigenvalue weighted by atomic mass is 31.1. The van der Waals surface area contributed by atoms with Crippen LogP contribution in [-0.4, -0.2) is 12.4 Å². The van der Waals surface area contributed by atoms with Crippen LogP contribution in [0.3, 0.4) is 0 Å². The lowest BCUT2D eigenvalue weighted by atomic mass is 9.63. The third-order valence-corrected chi connectivity index (χ3v) is 14.4. The van der Waals surface area contributed by atoms with Crippen LogP contribution in [0.2, 0.25) is 0 Å². The van der Waals surface area contributed by atoms with Crippen LogP contribution < -0.4 is 5.30 Å². The van der Waals surface area contributed by atoms with Crippen LogP contribution >= 0.6 is 17.8 Å². The lowest BCUT2D eigenvalue weighted by molar-refractivity contribution is -0.113. The number of hydrogen-bond donors (Lipinski definition) is 0. The van der Waals surface area contributed by atoms with Gasteiger partial charge in [0, 0.05) is 5.57 Å². The lowest BCUT2D eigenvalue weighted by Crippen LogP contribution is -2.36. The maximum absolute atomic E-state index is 14.3. The Morgan fingerprint density at radius 2 is 1.52 bits per heavy atom. The first-order valence-electron chi connectivity index (χ1n) is 19.8. The van der Waals surface area contributed by atoms with Crippen LogP contribution in [0.15, 0.2) is 102 Å². The number of hydrogen-bond acceptors (Lipinski definition) is 1. The molecule has 0 aliphatic heterocycles. The van der Waals surface area contributed by atoms with Crippen LogP contribution in [0.1, 0.15) is 112 Å². The number of benzene rings is 4. The fourth-order valence-electron chi connectivity index (χ4n) is 8.62. The normalized spacial score (nSPS) is 19.1. The molecular formula is C50H65FOP2. The van der Waals surface area contributed by atoms with E-state index in [4.69, 9.17) is 0 Å². The van der Waals surface area contributed by atoms with E-state index in [9.17, 15) is 9.18 Å². The summed E-state index contributed by atoms with van der Waals surface area (Å²) in [7, 11) is 3.73. The fourth-order valence-corrected chi connectivity index (χ4v) is 10.4. The van der Waals surface area contributed by atoms with Crippen molar-refractivity contribution in [1.82, 2.24) is 0 Å². The molecule has 4 aromatic carbocycles. The first-order valence-corrected chi connectivity index (χ1v) is 21.8. The van der Waals surface area contributed by atoms with Gasteiger partial charge in [-0.05, 0) is 182 Å². The van der Waals surface area contributed by atoms with Gasteiger partial charge in [-0.3, -0.25) is 4.79 Å². The van der Waals surface area contributed by atoms with Gasteiger partial charge in [0.05, 0.1) is 0 Å². The van der Waals surface area contributed by atoms with Crippen molar-refractivity contribution in [3.63, 3.8) is 0 Å². The zero-order valence-corrected chi connectivity index (χ0v) is 37.2. The molecule has 4 aromatic rings. The molecule has 0 spiro atoms. The highest BCUT2D eigenvalue weighted by Crippen LogP contribution is 2.61. The fraction of sp³-hybridized carbons (Fsp3) is 0.420. The van der Waals surface area contributed by atoms with Gasteiger partial charge in [-0.2, -0.15) is 0 Å². The molecule has 288 valence electrons. The quantitative estimate of drug-likeness (QED) is 0.0798. The summed E-state index contributed by atoms with van der Waals surface area (Å²) >= 11 is 0. The molecule has 1 aliphatic rings. The Bertz CT molecular complexity index is 1980. The summed E-state index contributed by atoms with van der Waals surface area (Å²) in [6, 6.07) is 27.9. The minimum absolute atomic E-state index is 0.0378. The van der Waals surface area contributed by atoms with Crippen LogP contribution in [0, 0.1) is 31.6 Å². The van der Waals surface area contributed by atoms with Gasteiger partial charge in [-0.25, -0.2) is 4.39 Å². The Hall–Kier alpha value is -3.18. The number of Topliss-reactive ketones (excluding diaryl/α,β-unsaturated/α-hetero) is 1. The minimum atomic E-state index is -1.31. The summed E-state index contributed by atoms with van der Waals surface area (Å²) < 4.78 is 14.3. The van der Waals surface area contributed by atoms with Crippen molar-refractivity contribution in [3.05, 3.63) is 146 Å². The zero-order valence-electron chi connectivity index (χ0n) is 35.0. The van der Waals surface area contributed by atoms with Crippen LogP contribution in [0.25, 0.3) is 11.1 Å². The molecule has 0 N–H and O–H groups in total. The smallest absolute Gasteiger partial charge is 0.160 e. The Morgan fingerprint density at radius 3 is 2.11 bits per heavy atom. The first kappa shape index (κ1) is 43.5. The number of alkyl halides is 1. The van der Waals surface area contributed by atoms with Crippen molar-refractivity contribution in [2.75, 3.05) is 6.66 Å². The molecule has 5 rings (SSSR count). The molecule has 1 nitrogen and oxygen atoms in total. The predicted octanol–water partition coefficient (Wildman–Crippen LogP) is 13.5. The topological polar surface area (TPSA) is 17.1 Å². The standard InChI is InChI=1S/C31H41OP.C19H24FP/c1-21(2)28(24(5)32)29(33)31(7)19-11-18-30(31,6)20-27-17-16-26(22(3)23(27)4)15-14-25-12-9-8-10-13-25;1-6-15-16(8-7-9-18(15)21-5)17-12-14(19(3,4)20)11-10-13(17)2/h8-10,12-13,16-17H,1,11,14-15,18-20,33H2,2-7H3;7-12,21H,6H2,1-5H3/b29-28-;/t30?,31-;/m1./s1. The van der Waals surface area contributed by atoms with Gasteiger partial charge >= 0.3 is 0 Å². The number of rotatable bonds is 12. The molecule has 0 saturated heterocycles. The van der Waals surface area contributed by atoms with Gasteiger partial charge in [0.1, 0.15) is 5.67 Å². The van der Waals surface area contributed by atoms with E-state index in [0.717, 1.165) is 68.3 Å². The SMILES string of the molecule is C=C(C)/C(C(C)=O)=C(/P)[C@@]1(C)CCCC1(C)Cc1ccc(CCc2ccccc2)c(C)c1C.CCc1c(PC)cccc1-c1cc(C(C)(C)F)ccc1C. The molecule has 0 radical (unpaired) electrons. The summed E-state index contributed by atoms with van der Waals surface area (Å²) in [6.07, 6.45) is 7.68. The molecule has 1 saturated carbocycles. The highest BCUT2D eigenvalue weighted by molar-refractivity contribution is 7.46. The maximum Gasteiger partial charge on any atom is 0.160 e. The predicted molar refractivity (Wildman–Crippen MR) is 240 cm³/mol. The van der Waals surface area contributed by atoms with Gasteiger partial charge in [0.15, 0.2) is 5.78 Å². The molecule has 3 unspecified atom stereocenters. The molecule has 1 aliphatic carbocycles. The van der Waals surface area contributed by atoms with E-state index >= 15 is 0 Å². The third kappa shape index (κ3) is 9.60. The van der Waals surface area contributed by atoms with E-state index in [1.165, 1.54) is 62.7 Å². The van der Waals surface area contributed by atoms with Crippen molar-refractivity contribution in [2.24, 2.45) is 10.8 Å². The molecular weight excluding hydrogens is 697 g/mol. The Morgan fingerprint density at radius 1 is 0.870 bits per heavy atom. The van der Waals surface area contributed by atoms with Crippen molar-refractivity contribution in [2.45, 2.75) is 120 Å². The van der Waals surface area contributed by atoms with Crippen LogP contribution in [0.5, 0.6) is 0 Å². The summed E-state index contributed by atoms with van der Waals surface area (Å²) in [5.41, 5.74) is 13.4. The Labute approximate surface area is 331 Å². The summed E-state index contributed by atoms with van der Waals surface area (Å²) in [5, 5.41) is 2.57. The molecule has 54 heavy (non-hydrogen) atoms. The minimum Gasteiger partial charge on any atom is -0.294 e. The van der Waals surface area contributed by atoms with Crippen molar-refractivity contribution >= 4 is 28.9 Å². The second-order valence-electron chi connectivity index (χ2n) is 16.6. The second-order valence-corrected chi connectivity index (χ2v) is 18.2. The summed E-state index contributed by atoms with van der Waals surface area (Å²) in [5.74, 6) is 0.123. The molecule has 4 atom stereocenters. The third-order valence-electron chi connectivity index (χ3n) is 12.5. The largest absolute Gasteiger partial charge is 0.294 e. The van der Waals surface area contributed by atoms with E-state index in [0.29, 0.717) is 0 Å². The molecule has 0 amide bonds. The number of carbonyl (C=O) groups is 1. The van der Waals surface area contributed by atoms with Crippen LogP contribution in [0.4, 0.5) is 4.39 Å². The van der Waals surface area contributed by atoms with Gasteiger partial charge in [0.25, 0.3) is 0 Å². The van der Waals surface area contributed by atoms with E-state index in [2.05, 4.69) is 125 Å². The summed E-state index contributed by atoms with van der Waals surface area (Å²) in [6.45, 7) is 26.9. The Balaban J connectivity index is 0.000000266. The average Bonchev–Trinajstić information content (AvgIpc) is 3.43. The van der Waals surface area contributed by atoms with Gasteiger partial charge in [-0.15, -0.1) is 9.24 Å². The number of ketones is 1. The number of halogens is 1. The molecule has 1 fully saturated rings. The van der Waals surface area contributed by atoms with E-state index in [-0.39, 0.29) is 16.6 Å². The van der Waals surface area contributed by atoms with Crippen molar-refractivity contribution in [3.8, 4) is 11.1 Å². The van der Waals surface area contributed by atoms with E-state index in [1.807, 2.05) is 25.1 Å². The maximum atomic E-state index is 14.3. The number of allylic oxidation sites excluding steroid dienone is 3. The van der Waals surface area contributed by atoms with Gasteiger partial charge in [0.2, 0.25) is 0 Å². The van der Waals surface area contributed by atoms with Crippen molar-refractivity contribution in [1.29, 1.82) is 0 Å². The first-order chi connectivity index (χ1) is 25.4. The molecule has 0 heterocycles. The molecule has 0 aromatic heterocycles. The second kappa shape index (κ2) is 18.2. The lowest BCUT2D eigenvalue weighted by Gasteiger charge is -2.44. The summed E-state index contributed by atoms with van der Waals surface area (Å²) in [4.78, 5) is 12.5. The monoisotopic (exact) mass is 762 g/mol. The zero-order chi connectivity index (χ0) is 40.0. The Kier molecular flexibility index (Phi) is 14.7. The number of aryl methyl sites for hydroxylation is 3. The molecule has 4 heteroatoms. The number of carbonyl (C=O) groups excluding carboxylic acids is 1. The van der Waals surface area contributed by atoms with E-state index in [1.54, 1.807) is 20.8 Å². The van der Waals surface area contributed by atoms with E-state index < -0.39 is 5.67 Å². The van der Waals surface area contributed by atoms with Crippen LogP contribution in [-0.2, 0) is 36.1 Å². The van der Waals surface area contributed by atoms with Gasteiger partial charge in [-0.1, -0.05) is 115 Å². The average molecular weight is 763 g/mol. The van der Waals surface area contributed by atoms with Crippen molar-refractivity contribution < 1.29 is 9.18 Å². The van der Waals surface area contributed by atoms with Gasteiger partial charge < -0.3 is 0 Å².